The number of rotatable bonds is 3. The maximum absolute atomic E-state index is 3.75. The van der Waals surface area contributed by atoms with E-state index in [9.17, 15) is 0 Å². The van der Waals surface area contributed by atoms with E-state index in [1.165, 1.54) is 34.0 Å². The standard InChI is InChI=1S/C15H16BrNS/c1-10(12-6-7-18-9-12)17-15-5-2-11-8-13(16)3-4-14(11)15/h3-4,6-10,15,17H,2,5H2,1H3. The van der Waals surface area contributed by atoms with Crippen molar-refractivity contribution in [2.45, 2.75) is 31.8 Å². The zero-order chi connectivity index (χ0) is 12.5. The average molecular weight is 322 g/mol. The molecule has 0 fully saturated rings. The second-order valence-corrected chi connectivity index (χ2v) is 6.58. The van der Waals surface area contributed by atoms with Gasteiger partial charge in [0.15, 0.2) is 0 Å². The van der Waals surface area contributed by atoms with Gasteiger partial charge in [-0.2, -0.15) is 11.3 Å². The highest BCUT2D eigenvalue weighted by atomic mass is 79.9. The fraction of sp³-hybridized carbons (Fsp3) is 0.333. The van der Waals surface area contributed by atoms with Crippen molar-refractivity contribution in [3.63, 3.8) is 0 Å². The molecule has 2 aromatic rings. The molecule has 18 heavy (non-hydrogen) atoms. The largest absolute Gasteiger partial charge is 0.303 e. The Labute approximate surface area is 120 Å². The summed E-state index contributed by atoms with van der Waals surface area (Å²) in [5.74, 6) is 0. The molecule has 1 aromatic heterocycles. The van der Waals surface area contributed by atoms with E-state index >= 15 is 0 Å². The van der Waals surface area contributed by atoms with E-state index in [-0.39, 0.29) is 0 Å². The molecule has 1 aliphatic carbocycles. The molecule has 2 atom stereocenters. The number of hydrogen-bond acceptors (Lipinski definition) is 2. The molecule has 3 heteroatoms. The van der Waals surface area contributed by atoms with Crippen molar-refractivity contribution < 1.29 is 0 Å². The third-order valence-electron chi connectivity index (χ3n) is 3.68. The molecule has 1 aliphatic rings. The number of halogens is 1. The Bertz CT molecular complexity index is 535. The van der Waals surface area contributed by atoms with E-state index in [0.29, 0.717) is 12.1 Å². The third kappa shape index (κ3) is 2.40. The van der Waals surface area contributed by atoms with Crippen LogP contribution in [0, 0.1) is 0 Å². The maximum Gasteiger partial charge on any atom is 0.0331 e. The molecule has 1 nitrogen and oxygen atoms in total. The first-order valence-electron chi connectivity index (χ1n) is 6.30. The minimum atomic E-state index is 0.427. The molecule has 0 saturated carbocycles. The fourth-order valence-corrected chi connectivity index (χ4v) is 3.84. The summed E-state index contributed by atoms with van der Waals surface area (Å²) < 4.78 is 1.19. The number of nitrogens with one attached hydrogen (secondary N) is 1. The van der Waals surface area contributed by atoms with E-state index in [2.05, 4.69) is 63.2 Å². The highest BCUT2D eigenvalue weighted by Crippen LogP contribution is 2.34. The topological polar surface area (TPSA) is 12.0 Å². The van der Waals surface area contributed by atoms with Gasteiger partial charge < -0.3 is 5.32 Å². The quantitative estimate of drug-likeness (QED) is 0.852. The minimum Gasteiger partial charge on any atom is -0.303 e. The number of fused-ring (bicyclic) bond motifs is 1. The Morgan fingerprint density at radius 1 is 1.39 bits per heavy atom. The summed E-state index contributed by atoms with van der Waals surface area (Å²) in [6.07, 6.45) is 2.39. The predicted molar refractivity (Wildman–Crippen MR) is 81.1 cm³/mol. The van der Waals surface area contributed by atoms with Crippen molar-refractivity contribution in [1.29, 1.82) is 0 Å². The van der Waals surface area contributed by atoms with Crippen molar-refractivity contribution in [3.05, 3.63) is 56.2 Å². The van der Waals surface area contributed by atoms with Crippen molar-refractivity contribution in [2.75, 3.05) is 0 Å². The van der Waals surface area contributed by atoms with Gasteiger partial charge in [0.1, 0.15) is 0 Å². The second-order valence-electron chi connectivity index (χ2n) is 4.88. The van der Waals surface area contributed by atoms with Gasteiger partial charge in [-0.15, -0.1) is 0 Å². The van der Waals surface area contributed by atoms with Gasteiger partial charge in [-0.05, 0) is 65.4 Å². The molecule has 0 amide bonds. The van der Waals surface area contributed by atoms with Crippen LogP contribution in [-0.4, -0.2) is 0 Å². The average Bonchev–Trinajstić information content (AvgIpc) is 2.98. The highest BCUT2D eigenvalue weighted by molar-refractivity contribution is 9.10. The summed E-state index contributed by atoms with van der Waals surface area (Å²) in [7, 11) is 0. The molecule has 0 radical (unpaired) electrons. The van der Waals surface area contributed by atoms with Crippen LogP contribution in [0.1, 0.15) is 42.1 Å². The number of hydrogen-bond donors (Lipinski definition) is 1. The van der Waals surface area contributed by atoms with Crippen LogP contribution in [0.4, 0.5) is 0 Å². The molecule has 2 unspecified atom stereocenters. The zero-order valence-corrected chi connectivity index (χ0v) is 12.7. The van der Waals surface area contributed by atoms with Gasteiger partial charge in [0.05, 0.1) is 0 Å². The summed E-state index contributed by atoms with van der Waals surface area (Å²) in [6.45, 7) is 2.25. The van der Waals surface area contributed by atoms with Crippen LogP contribution in [-0.2, 0) is 6.42 Å². The normalized spacial score (nSPS) is 19.8. The van der Waals surface area contributed by atoms with Crippen LogP contribution in [0.3, 0.4) is 0 Å². The van der Waals surface area contributed by atoms with Crippen molar-refractivity contribution >= 4 is 27.3 Å². The first-order chi connectivity index (χ1) is 8.74. The highest BCUT2D eigenvalue weighted by Gasteiger charge is 2.23. The number of benzene rings is 1. The Balaban J connectivity index is 1.77. The summed E-state index contributed by atoms with van der Waals surface area (Å²) in [5.41, 5.74) is 4.35. The third-order valence-corrected chi connectivity index (χ3v) is 4.87. The minimum absolute atomic E-state index is 0.427. The number of aryl methyl sites for hydroxylation is 1. The first kappa shape index (κ1) is 12.4. The van der Waals surface area contributed by atoms with Gasteiger partial charge in [0.2, 0.25) is 0 Å². The molecule has 0 aliphatic heterocycles. The van der Waals surface area contributed by atoms with E-state index < -0.39 is 0 Å². The zero-order valence-electron chi connectivity index (χ0n) is 10.3. The molecule has 1 N–H and O–H groups in total. The van der Waals surface area contributed by atoms with E-state index in [0.717, 1.165) is 0 Å². The van der Waals surface area contributed by atoms with E-state index in [4.69, 9.17) is 0 Å². The van der Waals surface area contributed by atoms with Crippen LogP contribution in [0.25, 0.3) is 0 Å². The Hall–Kier alpha value is -0.640. The lowest BCUT2D eigenvalue weighted by Crippen LogP contribution is -2.22. The van der Waals surface area contributed by atoms with Crippen LogP contribution in [0.15, 0.2) is 39.5 Å². The van der Waals surface area contributed by atoms with E-state index in [1.807, 2.05) is 0 Å². The molecule has 0 bridgehead atoms. The van der Waals surface area contributed by atoms with E-state index in [1.54, 1.807) is 11.3 Å². The Kier molecular flexibility index (Phi) is 3.55. The lowest BCUT2D eigenvalue weighted by molar-refractivity contribution is 0.465. The van der Waals surface area contributed by atoms with Gasteiger partial charge in [-0.25, -0.2) is 0 Å². The summed E-state index contributed by atoms with van der Waals surface area (Å²) >= 11 is 5.32. The van der Waals surface area contributed by atoms with Crippen LogP contribution in [0.5, 0.6) is 0 Å². The Morgan fingerprint density at radius 3 is 3.06 bits per heavy atom. The van der Waals surface area contributed by atoms with Crippen LogP contribution >= 0.6 is 27.3 Å². The molecule has 1 heterocycles. The molecule has 0 saturated heterocycles. The smallest absolute Gasteiger partial charge is 0.0331 e. The van der Waals surface area contributed by atoms with Gasteiger partial charge in [-0.1, -0.05) is 22.0 Å². The number of thiophene rings is 1. The molecule has 94 valence electrons. The summed E-state index contributed by atoms with van der Waals surface area (Å²) in [5, 5.41) is 8.13. The van der Waals surface area contributed by atoms with Gasteiger partial charge in [0, 0.05) is 16.6 Å². The molecular formula is C15H16BrNS. The van der Waals surface area contributed by atoms with Crippen LogP contribution in [0.2, 0.25) is 0 Å². The van der Waals surface area contributed by atoms with Gasteiger partial charge in [-0.3, -0.25) is 0 Å². The van der Waals surface area contributed by atoms with Gasteiger partial charge >= 0.3 is 0 Å². The first-order valence-corrected chi connectivity index (χ1v) is 8.04. The maximum atomic E-state index is 3.75. The van der Waals surface area contributed by atoms with Gasteiger partial charge in [0.25, 0.3) is 0 Å². The monoisotopic (exact) mass is 321 g/mol. The summed E-state index contributed by atoms with van der Waals surface area (Å²) in [6, 6.07) is 9.80. The lowest BCUT2D eigenvalue weighted by atomic mass is 10.1. The Morgan fingerprint density at radius 2 is 2.28 bits per heavy atom. The lowest BCUT2D eigenvalue weighted by Gasteiger charge is -2.19. The molecule has 0 spiro atoms. The SMILES string of the molecule is CC(NC1CCc2cc(Br)ccc21)c1ccsc1. The predicted octanol–water partition coefficient (Wildman–Crippen LogP) is 4.85. The summed E-state index contributed by atoms with van der Waals surface area (Å²) in [4.78, 5) is 0. The van der Waals surface area contributed by atoms with Crippen molar-refractivity contribution in [2.24, 2.45) is 0 Å². The molecular weight excluding hydrogens is 306 g/mol. The second kappa shape index (κ2) is 5.16. The van der Waals surface area contributed by atoms with Crippen molar-refractivity contribution in [3.8, 4) is 0 Å². The van der Waals surface area contributed by atoms with Crippen LogP contribution < -0.4 is 5.32 Å². The fourth-order valence-electron chi connectivity index (χ4n) is 2.68. The van der Waals surface area contributed by atoms with Crippen molar-refractivity contribution in [1.82, 2.24) is 5.32 Å². The molecule has 3 rings (SSSR count). The molecule has 1 aromatic carbocycles.